The van der Waals surface area contributed by atoms with Crippen LogP contribution in [0.2, 0.25) is 0 Å². The van der Waals surface area contributed by atoms with Crippen molar-refractivity contribution in [3.63, 3.8) is 0 Å². The lowest BCUT2D eigenvalue weighted by Crippen LogP contribution is -2.28. The van der Waals surface area contributed by atoms with E-state index in [0.717, 1.165) is 5.56 Å². The molecule has 0 atom stereocenters. The number of benzene rings is 2. The Bertz CT molecular complexity index is 1240. The average molecular weight is 436 g/mol. The van der Waals surface area contributed by atoms with Gasteiger partial charge in [0.25, 0.3) is 11.6 Å². The normalized spacial score (nSPS) is 10.8. The Kier molecular flexibility index (Phi) is 6.25. The summed E-state index contributed by atoms with van der Waals surface area (Å²) in [6.45, 7) is 1.96. The van der Waals surface area contributed by atoms with Gasteiger partial charge in [0.05, 0.1) is 7.11 Å². The minimum atomic E-state index is -0.366. The molecule has 0 saturated carbocycles. The standard InChI is InChI=1S/C23H21FN4O4/c1-3-18-26-22(31-13-19(29)25-12-14-5-4-6-17(11-14)30-2)20-21(28-32-23(20)27-18)15-7-9-16(24)10-8-15/h4-11H,3,12-13H2,1-2H3,(H,25,29). The quantitative estimate of drug-likeness (QED) is 0.450. The molecule has 164 valence electrons. The molecule has 0 bridgehead atoms. The van der Waals surface area contributed by atoms with Crippen LogP contribution < -0.4 is 14.8 Å². The van der Waals surface area contributed by atoms with E-state index in [-0.39, 0.29) is 29.9 Å². The first kappa shape index (κ1) is 21.2. The molecule has 2 aromatic carbocycles. The van der Waals surface area contributed by atoms with Gasteiger partial charge in [0, 0.05) is 18.5 Å². The van der Waals surface area contributed by atoms with Gasteiger partial charge in [-0.25, -0.2) is 4.39 Å². The van der Waals surface area contributed by atoms with E-state index in [1.165, 1.54) is 12.1 Å². The van der Waals surface area contributed by atoms with Crippen LogP contribution >= 0.6 is 0 Å². The van der Waals surface area contributed by atoms with Crippen LogP contribution in [0.5, 0.6) is 11.6 Å². The maximum absolute atomic E-state index is 13.3. The number of amides is 1. The first-order valence-electron chi connectivity index (χ1n) is 10.0. The molecule has 4 aromatic rings. The van der Waals surface area contributed by atoms with Gasteiger partial charge in [-0.2, -0.15) is 9.97 Å². The van der Waals surface area contributed by atoms with Crippen LogP contribution in [-0.2, 0) is 17.8 Å². The van der Waals surface area contributed by atoms with Crippen LogP contribution in [0.15, 0.2) is 53.1 Å². The van der Waals surface area contributed by atoms with Crippen molar-refractivity contribution in [3.8, 4) is 22.9 Å². The third-order valence-corrected chi connectivity index (χ3v) is 4.75. The minimum Gasteiger partial charge on any atom is -0.497 e. The maximum Gasteiger partial charge on any atom is 0.265 e. The van der Waals surface area contributed by atoms with Crippen LogP contribution in [0.25, 0.3) is 22.4 Å². The molecule has 9 heteroatoms. The monoisotopic (exact) mass is 436 g/mol. The van der Waals surface area contributed by atoms with Crippen molar-refractivity contribution in [2.45, 2.75) is 19.9 Å². The summed E-state index contributed by atoms with van der Waals surface area (Å²) in [7, 11) is 1.59. The lowest BCUT2D eigenvalue weighted by atomic mass is 10.1. The predicted octanol–water partition coefficient (Wildman–Crippen LogP) is 3.69. The van der Waals surface area contributed by atoms with Gasteiger partial charge < -0.3 is 19.3 Å². The summed E-state index contributed by atoms with van der Waals surface area (Å²) in [6, 6.07) is 13.2. The maximum atomic E-state index is 13.3. The molecule has 0 aliphatic carbocycles. The zero-order valence-electron chi connectivity index (χ0n) is 17.6. The number of fused-ring (bicyclic) bond motifs is 1. The van der Waals surface area contributed by atoms with Crippen LogP contribution in [0.3, 0.4) is 0 Å². The summed E-state index contributed by atoms with van der Waals surface area (Å²) < 4.78 is 29.6. The Hall–Kier alpha value is -4.01. The molecule has 0 saturated heterocycles. The van der Waals surface area contributed by atoms with Gasteiger partial charge in [-0.05, 0) is 42.0 Å². The predicted molar refractivity (Wildman–Crippen MR) is 115 cm³/mol. The Morgan fingerprint density at radius 1 is 1.16 bits per heavy atom. The van der Waals surface area contributed by atoms with Crippen molar-refractivity contribution in [1.29, 1.82) is 0 Å². The zero-order valence-corrected chi connectivity index (χ0v) is 17.6. The highest BCUT2D eigenvalue weighted by Gasteiger charge is 2.20. The lowest BCUT2D eigenvalue weighted by molar-refractivity contribution is -0.123. The molecule has 0 aliphatic heterocycles. The van der Waals surface area contributed by atoms with Crippen molar-refractivity contribution in [2.24, 2.45) is 0 Å². The zero-order chi connectivity index (χ0) is 22.5. The SMILES string of the molecule is CCc1nc(OCC(=O)NCc2cccc(OC)c2)c2c(-c3ccc(F)cc3)noc2n1. The first-order valence-corrected chi connectivity index (χ1v) is 10.0. The molecule has 0 spiro atoms. The van der Waals surface area contributed by atoms with Crippen molar-refractivity contribution >= 4 is 17.0 Å². The largest absolute Gasteiger partial charge is 0.497 e. The van der Waals surface area contributed by atoms with Gasteiger partial charge in [-0.3, -0.25) is 4.79 Å². The molecular formula is C23H21FN4O4. The summed E-state index contributed by atoms with van der Waals surface area (Å²) in [4.78, 5) is 21.1. The molecular weight excluding hydrogens is 415 g/mol. The number of nitrogens with one attached hydrogen (secondary N) is 1. The molecule has 8 nitrogen and oxygen atoms in total. The van der Waals surface area contributed by atoms with Gasteiger partial charge in [0.15, 0.2) is 6.61 Å². The Balaban J connectivity index is 1.53. The third-order valence-electron chi connectivity index (χ3n) is 4.75. The fourth-order valence-electron chi connectivity index (χ4n) is 3.10. The van der Waals surface area contributed by atoms with Crippen molar-refractivity contribution < 1.29 is 23.2 Å². The second-order valence-electron chi connectivity index (χ2n) is 6.93. The smallest absolute Gasteiger partial charge is 0.265 e. The number of carbonyl (C=O) groups excluding carboxylic acids is 1. The van der Waals surface area contributed by atoms with Crippen LogP contribution in [0.1, 0.15) is 18.3 Å². The molecule has 2 heterocycles. The topological polar surface area (TPSA) is 99.4 Å². The molecule has 0 fully saturated rings. The van der Waals surface area contributed by atoms with E-state index in [0.29, 0.717) is 41.2 Å². The van der Waals surface area contributed by atoms with Gasteiger partial charge >= 0.3 is 0 Å². The highest BCUT2D eigenvalue weighted by atomic mass is 19.1. The Morgan fingerprint density at radius 3 is 2.72 bits per heavy atom. The summed E-state index contributed by atoms with van der Waals surface area (Å²) in [5.74, 6) is 0.701. The van der Waals surface area contributed by atoms with Crippen LogP contribution in [0, 0.1) is 5.82 Å². The molecule has 2 aromatic heterocycles. The first-order chi connectivity index (χ1) is 15.6. The summed E-state index contributed by atoms with van der Waals surface area (Å²) >= 11 is 0. The van der Waals surface area contributed by atoms with E-state index in [2.05, 4.69) is 20.4 Å². The number of nitrogens with zero attached hydrogens (tertiary/aromatic N) is 3. The summed E-state index contributed by atoms with van der Waals surface area (Å²) in [5, 5.41) is 7.28. The van der Waals surface area contributed by atoms with Crippen molar-refractivity contribution in [1.82, 2.24) is 20.4 Å². The lowest BCUT2D eigenvalue weighted by Gasteiger charge is -2.09. The van der Waals surface area contributed by atoms with Gasteiger partial charge in [0.2, 0.25) is 5.88 Å². The fourth-order valence-corrected chi connectivity index (χ4v) is 3.10. The van der Waals surface area contributed by atoms with E-state index in [1.807, 2.05) is 31.2 Å². The number of methoxy groups -OCH3 is 1. The molecule has 32 heavy (non-hydrogen) atoms. The molecule has 1 amide bonds. The van der Waals surface area contributed by atoms with E-state index < -0.39 is 0 Å². The van der Waals surface area contributed by atoms with E-state index in [9.17, 15) is 9.18 Å². The van der Waals surface area contributed by atoms with Crippen molar-refractivity contribution in [3.05, 3.63) is 65.7 Å². The Morgan fingerprint density at radius 2 is 1.97 bits per heavy atom. The number of carbonyl (C=O) groups is 1. The summed E-state index contributed by atoms with van der Waals surface area (Å²) in [6.07, 6.45) is 0.543. The number of rotatable bonds is 8. The molecule has 1 N–H and O–H groups in total. The molecule has 0 aliphatic rings. The Labute approximate surface area is 183 Å². The number of halogens is 1. The van der Waals surface area contributed by atoms with Crippen LogP contribution in [-0.4, -0.2) is 34.7 Å². The number of aromatic nitrogens is 3. The average Bonchev–Trinajstić information content (AvgIpc) is 3.26. The van der Waals surface area contributed by atoms with Gasteiger partial charge in [0.1, 0.15) is 28.5 Å². The fraction of sp³-hybridized carbons (Fsp3) is 0.217. The van der Waals surface area contributed by atoms with E-state index in [4.69, 9.17) is 14.0 Å². The van der Waals surface area contributed by atoms with Gasteiger partial charge in [-0.15, -0.1) is 0 Å². The second kappa shape index (κ2) is 9.42. The molecule has 4 rings (SSSR count). The molecule has 0 radical (unpaired) electrons. The molecule has 0 unspecified atom stereocenters. The van der Waals surface area contributed by atoms with E-state index in [1.54, 1.807) is 19.2 Å². The minimum absolute atomic E-state index is 0.184. The number of hydrogen-bond acceptors (Lipinski definition) is 7. The number of ether oxygens (including phenoxy) is 2. The summed E-state index contributed by atoms with van der Waals surface area (Å²) in [5.41, 5.74) is 2.16. The second-order valence-corrected chi connectivity index (χ2v) is 6.93. The van der Waals surface area contributed by atoms with Crippen molar-refractivity contribution in [2.75, 3.05) is 13.7 Å². The van der Waals surface area contributed by atoms with E-state index >= 15 is 0 Å². The number of hydrogen-bond donors (Lipinski definition) is 1. The highest BCUT2D eigenvalue weighted by molar-refractivity contribution is 5.93. The number of aryl methyl sites for hydroxylation is 1. The van der Waals surface area contributed by atoms with Gasteiger partial charge in [-0.1, -0.05) is 24.2 Å². The van der Waals surface area contributed by atoms with Crippen LogP contribution in [0.4, 0.5) is 4.39 Å². The third kappa shape index (κ3) is 4.66. The highest BCUT2D eigenvalue weighted by Crippen LogP contribution is 2.33.